The fraction of sp³-hybridized carbons (Fsp3) is 0.200. The molecule has 0 fully saturated rings. The molecular weight excluding hydrogens is 790 g/mol. The number of hydrogen-bond donors (Lipinski definition) is 0. The van der Waals surface area contributed by atoms with E-state index in [1.165, 1.54) is 66.8 Å². The number of halogens is 2. The van der Waals surface area contributed by atoms with E-state index in [0.717, 1.165) is 25.7 Å². The first-order valence-electron chi connectivity index (χ1n) is 15.3. The smallest absolute Gasteiger partial charge is 0.0195 e. The van der Waals surface area contributed by atoms with Gasteiger partial charge < -0.3 is 24.8 Å². The van der Waals surface area contributed by atoms with Gasteiger partial charge in [0, 0.05) is 0 Å². The van der Waals surface area contributed by atoms with Crippen LogP contribution in [-0.4, -0.2) is 10.9 Å². The van der Waals surface area contributed by atoms with E-state index in [4.69, 9.17) is 0 Å². The summed E-state index contributed by atoms with van der Waals surface area (Å²) < 4.78 is 0. The van der Waals surface area contributed by atoms with E-state index in [9.17, 15) is 0 Å². The molecule has 0 radical (unpaired) electrons. The van der Waals surface area contributed by atoms with Crippen molar-refractivity contribution < 1.29 is 71.5 Å². The summed E-state index contributed by atoms with van der Waals surface area (Å²) in [7, 11) is 0. The van der Waals surface area contributed by atoms with Crippen LogP contribution in [0, 0.1) is 12.1 Å². The fourth-order valence-electron chi connectivity index (χ4n) is 5.79. The molecule has 0 N–H and O–H groups in total. The van der Waals surface area contributed by atoms with Gasteiger partial charge in [-0.25, -0.2) is 0 Å². The minimum absolute atomic E-state index is 0. The van der Waals surface area contributed by atoms with E-state index < -0.39 is 0 Å². The standard InChI is InChI=1S/2C18H13.2C2H6Si.2ClH.2Zr/c2*1-2-6-13(5-1)14-9-10-18-16(11-14)12-15-7-3-4-8-17(15)18;2*1-3-2;;;;/h2*1-5,7-10H,6,12H2;2*1-2H3;2*1H;;/q2*-1;;;;;;/p-2. The molecule has 232 valence electrons. The Morgan fingerprint density at radius 2 is 0.891 bits per heavy atom. The van der Waals surface area contributed by atoms with Gasteiger partial charge in [0.15, 0.2) is 0 Å². The Kier molecular flexibility index (Phi) is 16.1. The first-order valence-corrected chi connectivity index (χ1v) is 27.7. The summed E-state index contributed by atoms with van der Waals surface area (Å²) >= 11 is 3.48. The topological polar surface area (TPSA) is 0 Å². The Labute approximate surface area is 319 Å². The molecule has 4 aliphatic carbocycles. The number of fused-ring (bicyclic) bond motifs is 6. The van der Waals surface area contributed by atoms with Crippen LogP contribution < -0.4 is 24.8 Å². The number of allylic oxidation sites excluding steroid dienone is 8. The van der Waals surface area contributed by atoms with E-state index in [1.54, 1.807) is 46.7 Å². The second-order valence-electron chi connectivity index (χ2n) is 11.8. The maximum atomic E-state index is 3.61. The van der Waals surface area contributed by atoms with E-state index in [-0.39, 0.29) is 35.7 Å². The van der Waals surface area contributed by atoms with Gasteiger partial charge in [-0.1, -0.05) is 95.1 Å². The summed E-state index contributed by atoms with van der Waals surface area (Å²) in [4.78, 5) is 0. The van der Waals surface area contributed by atoms with Crippen molar-refractivity contribution in [2.75, 3.05) is 0 Å². The van der Waals surface area contributed by atoms with Crippen LogP contribution in [0.1, 0.15) is 46.2 Å². The Morgan fingerprint density at radius 1 is 0.522 bits per heavy atom. The summed E-state index contributed by atoms with van der Waals surface area (Å²) in [5.41, 5.74) is 16.7. The van der Waals surface area contributed by atoms with E-state index in [0.29, 0.717) is 0 Å². The molecular formula is C40H38Cl2Si2Zr2-4. The zero-order chi connectivity index (χ0) is 31.1. The van der Waals surface area contributed by atoms with E-state index in [2.05, 4.69) is 148 Å². The van der Waals surface area contributed by atoms with Gasteiger partial charge in [0.2, 0.25) is 0 Å². The average Bonchev–Trinajstić information content (AvgIpc) is 3.82. The Morgan fingerprint density at radius 3 is 1.24 bits per heavy atom. The Hall–Kier alpha value is -1.38. The van der Waals surface area contributed by atoms with Crippen LogP contribution in [0.5, 0.6) is 0 Å². The molecule has 4 aromatic rings. The van der Waals surface area contributed by atoms with Crippen molar-refractivity contribution in [3.05, 3.63) is 155 Å². The quantitative estimate of drug-likeness (QED) is 0.180. The van der Waals surface area contributed by atoms with Crippen LogP contribution in [0.25, 0.3) is 33.4 Å². The summed E-state index contributed by atoms with van der Waals surface area (Å²) in [5.74, 6) is 0. The molecule has 8 rings (SSSR count). The van der Waals surface area contributed by atoms with Crippen molar-refractivity contribution >= 4 is 22.0 Å². The van der Waals surface area contributed by atoms with E-state index in [1.807, 2.05) is 0 Å². The minimum Gasteiger partial charge on any atom is -1.00 e. The van der Waals surface area contributed by atoms with Crippen molar-refractivity contribution in [2.45, 2.75) is 51.9 Å². The molecule has 4 aromatic carbocycles. The van der Waals surface area contributed by atoms with Gasteiger partial charge in [-0.15, -0.1) is 82.0 Å². The fourth-order valence-corrected chi connectivity index (χ4v) is 5.79. The maximum Gasteiger partial charge on any atom is -0.0195 e. The Balaban J connectivity index is 0.000000197. The zero-order valence-corrected chi connectivity index (χ0v) is 35.4. The molecule has 4 aliphatic rings. The van der Waals surface area contributed by atoms with Crippen LogP contribution in [0.2, 0.25) is 26.2 Å². The predicted octanol–water partition coefficient (Wildman–Crippen LogP) is 4.38. The Bertz CT molecular complexity index is 1710. The van der Waals surface area contributed by atoms with Crippen molar-refractivity contribution in [1.82, 2.24) is 0 Å². The monoisotopic (exact) mass is 824 g/mol. The third kappa shape index (κ3) is 10.3. The second-order valence-corrected chi connectivity index (χ2v) is 30.6. The van der Waals surface area contributed by atoms with E-state index >= 15 is 0 Å². The number of rotatable bonds is 2. The number of benzene rings is 4. The van der Waals surface area contributed by atoms with Gasteiger partial charge >= 0.3 is 83.7 Å². The minimum atomic E-state index is 0. The van der Waals surface area contributed by atoms with Crippen molar-refractivity contribution in [3.8, 4) is 22.3 Å². The molecule has 0 nitrogen and oxygen atoms in total. The summed E-state index contributed by atoms with van der Waals surface area (Å²) in [6.07, 6.45) is 17.2. The molecule has 0 saturated heterocycles. The van der Waals surface area contributed by atoms with Crippen molar-refractivity contribution in [3.63, 3.8) is 0 Å². The number of hydrogen-bond acceptors (Lipinski definition) is 0. The summed E-state index contributed by atoms with van der Waals surface area (Å²) in [6.45, 7) is 9.23. The molecule has 6 heteroatoms. The molecule has 0 bridgehead atoms. The average molecular weight is 828 g/mol. The van der Waals surface area contributed by atoms with Gasteiger partial charge in [-0.2, -0.15) is 0 Å². The largest absolute Gasteiger partial charge is 1.00 e. The molecule has 0 aromatic heterocycles. The normalized spacial score (nSPS) is 13.2. The maximum absolute atomic E-state index is 3.61. The van der Waals surface area contributed by atoms with Crippen LogP contribution >= 0.6 is 0 Å². The first-order chi connectivity index (χ1) is 21.3. The molecule has 46 heavy (non-hydrogen) atoms. The molecule has 0 heterocycles. The van der Waals surface area contributed by atoms with Crippen LogP contribution in [0.15, 0.2) is 109 Å². The first kappa shape index (κ1) is 39.1. The SMILES string of the molecule is C[Si](C)=[Zr].C[Si](C)=[Zr].[Cl-].[Cl-].[c-]1c(C2=CC=CC2)ccc2c1Cc1ccccc1-2.[c-]1c(C2=CC=CC2)ccc2c1Cc1ccccc1-2. The van der Waals surface area contributed by atoms with Gasteiger partial charge in [-0.05, 0) is 36.8 Å². The summed E-state index contributed by atoms with van der Waals surface area (Å²) in [6, 6.07) is 33.5. The van der Waals surface area contributed by atoms with Crippen LogP contribution in [0.4, 0.5) is 0 Å². The zero-order valence-electron chi connectivity index (χ0n) is 27.0. The summed E-state index contributed by atoms with van der Waals surface area (Å²) in [5, 5.41) is 0. The van der Waals surface area contributed by atoms with Gasteiger partial charge in [0.05, 0.1) is 0 Å². The predicted molar refractivity (Wildman–Crippen MR) is 185 cm³/mol. The molecule has 0 atom stereocenters. The molecule has 0 saturated carbocycles. The van der Waals surface area contributed by atoms with Gasteiger partial charge in [-0.3, -0.25) is 0 Å². The van der Waals surface area contributed by atoms with Crippen LogP contribution in [0.3, 0.4) is 0 Å². The van der Waals surface area contributed by atoms with Gasteiger partial charge in [0.1, 0.15) is 0 Å². The van der Waals surface area contributed by atoms with Gasteiger partial charge in [0.25, 0.3) is 0 Å². The van der Waals surface area contributed by atoms with Crippen molar-refractivity contribution in [1.29, 1.82) is 0 Å². The second kappa shape index (κ2) is 19.0. The molecule has 0 aliphatic heterocycles. The van der Waals surface area contributed by atoms with Crippen LogP contribution in [-0.2, 0) is 59.5 Å². The third-order valence-corrected chi connectivity index (χ3v) is 7.64. The molecule has 0 amide bonds. The molecule has 0 unspecified atom stereocenters. The molecule has 0 spiro atoms. The van der Waals surface area contributed by atoms with Crippen molar-refractivity contribution in [2.24, 2.45) is 0 Å². The third-order valence-electron chi connectivity index (χ3n) is 7.64.